The molecule has 0 radical (unpaired) electrons. The second-order valence-electron chi connectivity index (χ2n) is 7.95. The van der Waals surface area contributed by atoms with Crippen molar-refractivity contribution < 1.29 is 9.90 Å². The minimum atomic E-state index is -0.00787. The fraction of sp³-hybridized carbons (Fsp3) is 0.435. The number of phenols is 1. The fourth-order valence-corrected chi connectivity index (χ4v) is 4.03. The summed E-state index contributed by atoms with van der Waals surface area (Å²) in [6, 6.07) is 16.0. The lowest BCUT2D eigenvalue weighted by Gasteiger charge is -2.45. The van der Waals surface area contributed by atoms with Crippen LogP contribution in [0.2, 0.25) is 0 Å². The number of rotatable bonds is 4. The number of likely N-dealkylation sites (tertiary alicyclic amines) is 1. The molecule has 2 aromatic rings. The zero-order chi connectivity index (χ0) is 18.7. The number of aromatic hydroxyl groups is 1. The number of phenolic OH excluding ortho intramolecular Hbond substituents is 1. The van der Waals surface area contributed by atoms with Crippen molar-refractivity contribution in [1.29, 1.82) is 0 Å². The average molecular weight is 351 g/mol. The summed E-state index contributed by atoms with van der Waals surface area (Å²) in [5.74, 6) is 0.907. The van der Waals surface area contributed by atoms with E-state index >= 15 is 0 Å². The quantitative estimate of drug-likeness (QED) is 0.883. The van der Waals surface area contributed by atoms with Gasteiger partial charge in [0.05, 0.1) is 0 Å². The lowest BCUT2D eigenvalue weighted by Crippen LogP contribution is -2.49. The first-order valence-electron chi connectivity index (χ1n) is 9.51. The highest BCUT2D eigenvalue weighted by Gasteiger charge is 2.39. The maximum absolute atomic E-state index is 12.7. The van der Waals surface area contributed by atoms with Gasteiger partial charge in [-0.05, 0) is 54.4 Å². The summed E-state index contributed by atoms with van der Waals surface area (Å²) < 4.78 is 0. The SMILES string of the molecule is Cc1cccc(CCC(=O)N2CC[C@@](C)(c3cccc(O)c3)[C@@H](C)C2)c1. The number of aryl methyl sites for hydroxylation is 2. The number of piperidine rings is 1. The van der Waals surface area contributed by atoms with Crippen molar-refractivity contribution in [2.24, 2.45) is 5.92 Å². The Kier molecular flexibility index (Phi) is 5.36. The number of benzene rings is 2. The minimum Gasteiger partial charge on any atom is -0.508 e. The maximum Gasteiger partial charge on any atom is 0.222 e. The van der Waals surface area contributed by atoms with Gasteiger partial charge in [0, 0.05) is 19.5 Å². The number of amides is 1. The molecule has 2 atom stereocenters. The van der Waals surface area contributed by atoms with Gasteiger partial charge in [-0.2, -0.15) is 0 Å². The lowest BCUT2D eigenvalue weighted by atomic mass is 9.68. The molecule has 0 spiro atoms. The zero-order valence-electron chi connectivity index (χ0n) is 16.0. The molecule has 1 fully saturated rings. The molecule has 1 heterocycles. The van der Waals surface area contributed by atoms with E-state index in [-0.39, 0.29) is 11.3 Å². The van der Waals surface area contributed by atoms with Crippen LogP contribution in [0.1, 0.15) is 43.4 Å². The van der Waals surface area contributed by atoms with Gasteiger partial charge in [-0.15, -0.1) is 0 Å². The number of nitrogens with zero attached hydrogens (tertiary/aromatic N) is 1. The third-order valence-electron chi connectivity index (χ3n) is 6.05. The fourth-order valence-electron chi connectivity index (χ4n) is 4.03. The van der Waals surface area contributed by atoms with Crippen LogP contribution in [-0.4, -0.2) is 29.0 Å². The van der Waals surface area contributed by atoms with Crippen molar-refractivity contribution in [3.63, 3.8) is 0 Å². The first-order valence-corrected chi connectivity index (χ1v) is 9.51. The molecular weight excluding hydrogens is 322 g/mol. The van der Waals surface area contributed by atoms with Gasteiger partial charge in [-0.1, -0.05) is 55.8 Å². The predicted molar refractivity (Wildman–Crippen MR) is 105 cm³/mol. The van der Waals surface area contributed by atoms with Gasteiger partial charge >= 0.3 is 0 Å². The van der Waals surface area contributed by atoms with E-state index in [1.54, 1.807) is 6.07 Å². The Morgan fingerprint density at radius 2 is 2.00 bits per heavy atom. The molecule has 0 unspecified atom stereocenters. The van der Waals surface area contributed by atoms with Crippen LogP contribution in [-0.2, 0) is 16.6 Å². The Hall–Kier alpha value is -2.29. The minimum absolute atomic E-state index is 0.00787. The molecule has 1 aliphatic rings. The van der Waals surface area contributed by atoms with E-state index in [1.807, 2.05) is 17.0 Å². The Labute approximate surface area is 156 Å². The summed E-state index contributed by atoms with van der Waals surface area (Å²) in [7, 11) is 0. The molecule has 1 aliphatic heterocycles. The largest absolute Gasteiger partial charge is 0.508 e. The Morgan fingerprint density at radius 1 is 1.23 bits per heavy atom. The van der Waals surface area contributed by atoms with E-state index in [4.69, 9.17) is 0 Å². The molecule has 0 aromatic heterocycles. The molecule has 1 N–H and O–H groups in total. The summed E-state index contributed by atoms with van der Waals surface area (Å²) in [6.45, 7) is 8.10. The van der Waals surface area contributed by atoms with E-state index in [2.05, 4.69) is 51.1 Å². The van der Waals surface area contributed by atoms with E-state index in [0.29, 0.717) is 18.1 Å². The summed E-state index contributed by atoms with van der Waals surface area (Å²) in [5, 5.41) is 9.82. The monoisotopic (exact) mass is 351 g/mol. The standard InChI is InChI=1S/C23H29NO2/c1-17-6-4-7-19(14-17)10-11-22(26)24-13-12-23(3,18(2)16-24)20-8-5-9-21(25)15-20/h4-9,14-15,18,25H,10-13,16H2,1-3H3/t18-,23+/m0/s1. The van der Waals surface area contributed by atoms with Crippen molar-refractivity contribution in [2.75, 3.05) is 13.1 Å². The van der Waals surface area contributed by atoms with Gasteiger partial charge in [0.15, 0.2) is 0 Å². The molecule has 0 aliphatic carbocycles. The lowest BCUT2D eigenvalue weighted by molar-refractivity contribution is -0.133. The van der Waals surface area contributed by atoms with Crippen LogP contribution in [0, 0.1) is 12.8 Å². The third-order valence-corrected chi connectivity index (χ3v) is 6.05. The molecule has 0 saturated carbocycles. The van der Waals surface area contributed by atoms with E-state index in [9.17, 15) is 9.90 Å². The first kappa shape index (κ1) is 18.5. The van der Waals surface area contributed by atoms with Gasteiger partial charge in [0.2, 0.25) is 5.91 Å². The molecule has 2 aromatic carbocycles. The molecule has 0 bridgehead atoms. The maximum atomic E-state index is 12.7. The number of carbonyl (C=O) groups excluding carboxylic acids is 1. The second kappa shape index (κ2) is 7.53. The van der Waals surface area contributed by atoms with Crippen molar-refractivity contribution in [2.45, 2.75) is 45.4 Å². The molecule has 1 saturated heterocycles. The van der Waals surface area contributed by atoms with E-state index in [0.717, 1.165) is 31.5 Å². The van der Waals surface area contributed by atoms with Gasteiger partial charge in [-0.3, -0.25) is 4.79 Å². The highest BCUT2D eigenvalue weighted by Crippen LogP contribution is 2.40. The second-order valence-corrected chi connectivity index (χ2v) is 7.95. The molecule has 3 nitrogen and oxygen atoms in total. The number of hydrogen-bond donors (Lipinski definition) is 1. The van der Waals surface area contributed by atoms with Crippen LogP contribution in [0.4, 0.5) is 0 Å². The highest BCUT2D eigenvalue weighted by molar-refractivity contribution is 5.76. The molecule has 26 heavy (non-hydrogen) atoms. The Bertz CT molecular complexity index is 785. The third kappa shape index (κ3) is 3.92. The number of carbonyl (C=O) groups is 1. The topological polar surface area (TPSA) is 40.5 Å². The molecule has 3 heteroatoms. The van der Waals surface area contributed by atoms with Crippen molar-refractivity contribution in [1.82, 2.24) is 4.90 Å². The van der Waals surface area contributed by atoms with Crippen molar-refractivity contribution in [3.05, 3.63) is 65.2 Å². The predicted octanol–water partition coefficient (Wildman–Crippen LogP) is 4.46. The van der Waals surface area contributed by atoms with Gasteiger partial charge < -0.3 is 10.0 Å². The van der Waals surface area contributed by atoms with Crippen LogP contribution < -0.4 is 0 Å². The Balaban J connectivity index is 1.62. The normalized spacial score (nSPS) is 23.0. The smallest absolute Gasteiger partial charge is 0.222 e. The summed E-state index contributed by atoms with van der Waals surface area (Å²) >= 11 is 0. The van der Waals surface area contributed by atoms with Crippen molar-refractivity contribution >= 4 is 5.91 Å². The molecule has 3 rings (SSSR count). The van der Waals surface area contributed by atoms with E-state index < -0.39 is 0 Å². The van der Waals surface area contributed by atoms with E-state index in [1.165, 1.54) is 11.1 Å². The van der Waals surface area contributed by atoms with Crippen LogP contribution in [0.3, 0.4) is 0 Å². The highest BCUT2D eigenvalue weighted by atomic mass is 16.3. The van der Waals surface area contributed by atoms with Gasteiger partial charge in [0.1, 0.15) is 5.75 Å². The molecule has 1 amide bonds. The molecule has 138 valence electrons. The average Bonchev–Trinajstić information content (AvgIpc) is 2.62. The van der Waals surface area contributed by atoms with Crippen LogP contribution in [0.5, 0.6) is 5.75 Å². The van der Waals surface area contributed by atoms with Crippen molar-refractivity contribution in [3.8, 4) is 5.75 Å². The van der Waals surface area contributed by atoms with Crippen LogP contribution in [0.15, 0.2) is 48.5 Å². The Morgan fingerprint density at radius 3 is 2.69 bits per heavy atom. The van der Waals surface area contributed by atoms with Crippen LogP contribution in [0.25, 0.3) is 0 Å². The summed E-state index contributed by atoms with van der Waals surface area (Å²) in [5.41, 5.74) is 3.62. The van der Waals surface area contributed by atoms with Gasteiger partial charge in [-0.25, -0.2) is 0 Å². The van der Waals surface area contributed by atoms with Gasteiger partial charge in [0.25, 0.3) is 0 Å². The number of hydrogen-bond acceptors (Lipinski definition) is 2. The summed E-state index contributed by atoms with van der Waals surface area (Å²) in [6.07, 6.45) is 2.29. The summed E-state index contributed by atoms with van der Waals surface area (Å²) in [4.78, 5) is 14.7. The zero-order valence-corrected chi connectivity index (χ0v) is 16.0. The molecular formula is C23H29NO2. The van der Waals surface area contributed by atoms with Crippen LogP contribution >= 0.6 is 0 Å². The first-order chi connectivity index (χ1) is 12.4.